The minimum atomic E-state index is 0. The monoisotopic (exact) mass is 223 g/mol. The number of benzene rings is 1. The molecule has 0 aliphatic carbocycles. The third-order valence-corrected chi connectivity index (χ3v) is 3.29. The molecule has 2 heteroatoms. The largest absolute Gasteiger partial charge is 1.00 e. The Balaban J connectivity index is 0.00000144. The molecule has 1 aromatic carbocycles. The van der Waals surface area contributed by atoms with Crippen molar-refractivity contribution in [1.29, 1.82) is 0 Å². The second kappa shape index (κ2) is 7.74. The maximum atomic E-state index is 2.55. The van der Waals surface area contributed by atoms with Crippen LogP contribution in [0.3, 0.4) is 0 Å². The molecule has 17 heavy (non-hydrogen) atoms. The van der Waals surface area contributed by atoms with E-state index < -0.39 is 0 Å². The molecule has 0 amide bonds. The van der Waals surface area contributed by atoms with Gasteiger partial charge in [0.2, 0.25) is 0 Å². The number of unbranched alkanes of at least 4 members (excludes halogenated alkanes) is 1. The molecule has 0 atom stereocenters. The molecular weight excluding hydrogens is 201 g/mol. The average molecular weight is 223 g/mol. The molecule has 0 N–H and O–H groups in total. The number of para-hydroxylation sites is 1. The molecule has 1 heterocycles. The van der Waals surface area contributed by atoms with Gasteiger partial charge < -0.3 is 4.90 Å². The summed E-state index contributed by atoms with van der Waals surface area (Å²) in [4.78, 5) is 2.55. The topological polar surface area (TPSA) is 3.24 Å². The fraction of sp³-hybridized carbons (Fsp3) is 0.533. The van der Waals surface area contributed by atoms with Crippen LogP contribution in [0.1, 0.15) is 44.6 Å². The molecule has 1 nitrogen and oxygen atoms in total. The van der Waals surface area contributed by atoms with Gasteiger partial charge in [-0.25, -0.2) is 0 Å². The van der Waals surface area contributed by atoms with E-state index in [4.69, 9.17) is 0 Å². The maximum absolute atomic E-state index is 2.55. The Kier molecular flexibility index (Phi) is 6.63. The summed E-state index contributed by atoms with van der Waals surface area (Å²) in [5.74, 6) is 0. The van der Waals surface area contributed by atoms with Gasteiger partial charge in [0.15, 0.2) is 0 Å². The van der Waals surface area contributed by atoms with Gasteiger partial charge in [0.25, 0.3) is 0 Å². The van der Waals surface area contributed by atoms with Gasteiger partial charge in [-0.1, -0.05) is 44.0 Å². The molecule has 0 bridgehead atoms. The summed E-state index contributed by atoms with van der Waals surface area (Å²) >= 11 is 0. The number of hydrogen-bond acceptors (Lipinski definition) is 1. The summed E-state index contributed by atoms with van der Waals surface area (Å²) in [7, 11) is 0. The zero-order valence-electron chi connectivity index (χ0n) is 11.3. The van der Waals surface area contributed by atoms with Crippen molar-refractivity contribution in [2.75, 3.05) is 18.0 Å². The smallest absolute Gasteiger partial charge is 0.423 e. The Labute approximate surface area is 118 Å². The summed E-state index contributed by atoms with van der Waals surface area (Å²) in [6, 6.07) is 8.83. The van der Waals surface area contributed by atoms with Crippen LogP contribution in [0.15, 0.2) is 24.3 Å². The third kappa shape index (κ3) is 4.02. The van der Waals surface area contributed by atoms with Crippen molar-refractivity contribution in [3.05, 3.63) is 36.2 Å². The molecule has 1 aliphatic rings. The number of rotatable bonds is 4. The van der Waals surface area contributed by atoms with E-state index in [1.807, 2.05) is 0 Å². The second-order valence-electron chi connectivity index (χ2n) is 4.60. The van der Waals surface area contributed by atoms with Gasteiger partial charge >= 0.3 is 18.9 Å². The SMILES string of the molecule is CCC[CH-]c1ccccc1N1CCCCC1.[Li+]. The van der Waals surface area contributed by atoms with Crippen LogP contribution in [0, 0.1) is 6.42 Å². The number of hydrogen-bond donors (Lipinski definition) is 0. The Morgan fingerprint density at radius 1 is 1.12 bits per heavy atom. The predicted molar refractivity (Wildman–Crippen MR) is 70.8 cm³/mol. The van der Waals surface area contributed by atoms with Gasteiger partial charge in [0.05, 0.1) is 0 Å². The van der Waals surface area contributed by atoms with Gasteiger partial charge in [-0.15, -0.1) is 6.07 Å². The van der Waals surface area contributed by atoms with Crippen LogP contribution < -0.4 is 23.8 Å². The summed E-state index contributed by atoms with van der Waals surface area (Å²) in [6.45, 7) is 4.70. The molecule has 0 radical (unpaired) electrons. The Hall–Kier alpha value is -0.513. The second-order valence-corrected chi connectivity index (χ2v) is 4.60. The van der Waals surface area contributed by atoms with Gasteiger partial charge in [0.1, 0.15) is 0 Å². The fourth-order valence-electron chi connectivity index (χ4n) is 2.38. The van der Waals surface area contributed by atoms with Crippen LogP contribution in [0.25, 0.3) is 0 Å². The molecule has 0 saturated carbocycles. The Morgan fingerprint density at radius 2 is 1.82 bits per heavy atom. The normalized spacial score (nSPS) is 15.2. The zero-order chi connectivity index (χ0) is 11.2. The minimum absolute atomic E-state index is 0. The molecule has 1 aromatic rings. The molecule has 88 valence electrons. The quantitative estimate of drug-likeness (QED) is 0.544. The van der Waals surface area contributed by atoms with Crippen molar-refractivity contribution in [1.82, 2.24) is 0 Å². The minimum Gasteiger partial charge on any atom is -0.423 e. The summed E-state index contributed by atoms with van der Waals surface area (Å²) in [6.07, 6.45) is 8.89. The van der Waals surface area contributed by atoms with Gasteiger partial charge in [0, 0.05) is 13.1 Å². The Bertz CT molecular complexity index is 318. The van der Waals surface area contributed by atoms with E-state index in [0.717, 1.165) is 0 Å². The first-order valence-corrected chi connectivity index (χ1v) is 6.59. The maximum Gasteiger partial charge on any atom is 1.00 e. The first-order chi connectivity index (χ1) is 7.92. The Morgan fingerprint density at radius 3 is 2.53 bits per heavy atom. The summed E-state index contributed by atoms with van der Waals surface area (Å²) in [5, 5.41) is 0. The average Bonchev–Trinajstić information content (AvgIpc) is 2.38. The van der Waals surface area contributed by atoms with Crippen LogP contribution in [-0.2, 0) is 0 Å². The molecule has 0 unspecified atom stereocenters. The molecule has 2 rings (SSSR count). The van der Waals surface area contributed by atoms with Gasteiger partial charge in [-0.05, 0) is 12.8 Å². The third-order valence-electron chi connectivity index (χ3n) is 3.29. The van der Waals surface area contributed by atoms with E-state index in [0.29, 0.717) is 0 Å². The van der Waals surface area contributed by atoms with E-state index in [1.165, 1.54) is 56.4 Å². The fourth-order valence-corrected chi connectivity index (χ4v) is 2.38. The van der Waals surface area contributed by atoms with E-state index in [-0.39, 0.29) is 18.9 Å². The molecular formula is C15H22LiN. The van der Waals surface area contributed by atoms with Crippen molar-refractivity contribution in [3.63, 3.8) is 0 Å². The standard InChI is InChI=1S/C15H22N.Li/c1-2-3-9-14-10-5-6-11-15(14)16-12-7-4-8-13-16;/h5-6,9-11H,2-4,7-8,12-13H2,1H3;/q-1;+1. The van der Waals surface area contributed by atoms with Crippen LogP contribution in [0.5, 0.6) is 0 Å². The van der Waals surface area contributed by atoms with E-state index in [9.17, 15) is 0 Å². The first-order valence-electron chi connectivity index (χ1n) is 6.59. The number of piperidine rings is 1. The molecule has 0 aromatic heterocycles. The molecule has 1 aliphatic heterocycles. The van der Waals surface area contributed by atoms with Crippen molar-refractivity contribution in [3.8, 4) is 0 Å². The van der Waals surface area contributed by atoms with Crippen molar-refractivity contribution < 1.29 is 18.9 Å². The van der Waals surface area contributed by atoms with E-state index >= 15 is 0 Å². The first kappa shape index (κ1) is 14.5. The van der Waals surface area contributed by atoms with Crippen LogP contribution >= 0.6 is 0 Å². The van der Waals surface area contributed by atoms with Crippen LogP contribution in [-0.4, -0.2) is 13.1 Å². The molecule has 0 spiro atoms. The van der Waals surface area contributed by atoms with Gasteiger partial charge in [-0.2, -0.15) is 18.1 Å². The number of nitrogens with zero attached hydrogens (tertiary/aromatic N) is 1. The molecule has 1 fully saturated rings. The van der Waals surface area contributed by atoms with Crippen molar-refractivity contribution >= 4 is 5.69 Å². The van der Waals surface area contributed by atoms with Crippen molar-refractivity contribution in [2.24, 2.45) is 0 Å². The zero-order valence-corrected chi connectivity index (χ0v) is 11.3. The molecule has 1 saturated heterocycles. The van der Waals surface area contributed by atoms with Crippen molar-refractivity contribution in [2.45, 2.75) is 39.0 Å². The van der Waals surface area contributed by atoms with Gasteiger partial charge in [-0.3, -0.25) is 0 Å². The van der Waals surface area contributed by atoms with Crippen LogP contribution in [0.2, 0.25) is 0 Å². The summed E-state index contributed by atoms with van der Waals surface area (Å²) in [5.41, 5.74) is 2.86. The van der Waals surface area contributed by atoms with Crippen LogP contribution in [0.4, 0.5) is 5.69 Å². The summed E-state index contributed by atoms with van der Waals surface area (Å²) < 4.78 is 0. The van der Waals surface area contributed by atoms with E-state index in [1.54, 1.807) is 0 Å². The number of anilines is 1. The van der Waals surface area contributed by atoms with E-state index in [2.05, 4.69) is 42.5 Å². The predicted octanol–water partition coefficient (Wildman–Crippen LogP) is 1.03.